The van der Waals surface area contributed by atoms with Crippen LogP contribution in [0.2, 0.25) is 0 Å². The first-order chi connectivity index (χ1) is 10.9. The number of benzene rings is 1. The average Bonchev–Trinajstić information content (AvgIpc) is 2.45. The number of sulfone groups is 1. The van der Waals surface area contributed by atoms with Gasteiger partial charge in [-0.3, -0.25) is 10.1 Å². The number of nitrogens with zero attached hydrogens (tertiary/aromatic N) is 1. The van der Waals surface area contributed by atoms with Gasteiger partial charge in [-0.15, -0.1) is 0 Å². The predicted molar refractivity (Wildman–Crippen MR) is 77.7 cm³/mol. The third-order valence-electron chi connectivity index (χ3n) is 4.22. The summed E-state index contributed by atoms with van der Waals surface area (Å²) in [4.78, 5) is 9.43. The van der Waals surface area contributed by atoms with Crippen molar-refractivity contribution in [2.45, 2.75) is 47.6 Å². The van der Waals surface area contributed by atoms with Crippen LogP contribution < -0.4 is 0 Å². The minimum Gasteiger partial charge on any atom is -0.383 e. The molecule has 0 radical (unpaired) electrons. The average molecular weight is 367 g/mol. The van der Waals surface area contributed by atoms with E-state index in [1.165, 1.54) is 0 Å². The van der Waals surface area contributed by atoms with E-state index in [4.69, 9.17) is 0 Å². The summed E-state index contributed by atoms with van der Waals surface area (Å²) >= 11 is 0. The molecule has 1 aliphatic carbocycles. The second-order valence-electron chi connectivity index (χ2n) is 5.99. The minimum absolute atomic E-state index is 0.0388. The smallest absolute Gasteiger partial charge is 0.383 e. The van der Waals surface area contributed by atoms with E-state index in [2.05, 4.69) is 0 Å². The molecular weight excluding hydrogens is 351 g/mol. The number of rotatable bonds is 4. The second-order valence-corrected chi connectivity index (χ2v) is 8.21. The molecule has 0 spiro atoms. The summed E-state index contributed by atoms with van der Waals surface area (Å²) < 4.78 is 63.2. The first-order valence-corrected chi connectivity index (χ1v) is 8.74. The number of halogens is 3. The normalized spacial score (nSPS) is 25.4. The summed E-state index contributed by atoms with van der Waals surface area (Å²) in [5.41, 5.74) is -2.62. The molecule has 0 amide bonds. The number of alkyl halides is 3. The van der Waals surface area contributed by atoms with E-state index in [9.17, 15) is 36.8 Å². The Bertz CT molecular complexity index is 724. The summed E-state index contributed by atoms with van der Waals surface area (Å²) in [6.45, 7) is -0.677. The highest BCUT2D eigenvalue weighted by atomic mass is 32.2. The molecule has 0 aromatic heterocycles. The van der Waals surface area contributed by atoms with Crippen LogP contribution in [0.15, 0.2) is 29.2 Å². The molecule has 0 heterocycles. The SMILES string of the molecule is O=[N+]([O-])C[C@]1(O)CC[C@H](S(=O)(=O)c2cccc(C(F)(F)F)c2)CC1. The van der Waals surface area contributed by atoms with Crippen LogP contribution in [0.1, 0.15) is 31.2 Å². The fraction of sp³-hybridized carbons (Fsp3) is 0.571. The summed E-state index contributed by atoms with van der Waals surface area (Å²) in [7, 11) is -4.00. The molecule has 1 aliphatic rings. The van der Waals surface area contributed by atoms with Gasteiger partial charge in [0.05, 0.1) is 15.7 Å². The van der Waals surface area contributed by atoms with Crippen LogP contribution >= 0.6 is 0 Å². The van der Waals surface area contributed by atoms with Gasteiger partial charge in [0.1, 0.15) is 5.60 Å². The lowest BCUT2D eigenvalue weighted by molar-refractivity contribution is -0.502. The van der Waals surface area contributed by atoms with Gasteiger partial charge in [0, 0.05) is 4.92 Å². The molecule has 1 aromatic rings. The van der Waals surface area contributed by atoms with Crippen molar-refractivity contribution in [3.8, 4) is 0 Å². The molecule has 0 unspecified atom stereocenters. The molecule has 1 saturated carbocycles. The molecule has 1 aromatic carbocycles. The highest BCUT2D eigenvalue weighted by molar-refractivity contribution is 7.92. The third kappa shape index (κ3) is 4.04. The van der Waals surface area contributed by atoms with Gasteiger partial charge in [0.15, 0.2) is 9.84 Å². The zero-order valence-corrected chi connectivity index (χ0v) is 13.3. The molecule has 1 N–H and O–H groups in total. The van der Waals surface area contributed by atoms with Crippen LogP contribution in [-0.2, 0) is 16.0 Å². The van der Waals surface area contributed by atoms with Crippen molar-refractivity contribution in [3.63, 3.8) is 0 Å². The van der Waals surface area contributed by atoms with E-state index in [-0.39, 0.29) is 25.7 Å². The Morgan fingerprint density at radius 3 is 2.38 bits per heavy atom. The number of aliphatic hydroxyl groups is 1. The molecule has 2 rings (SSSR count). The Labute approximate surface area is 136 Å². The Morgan fingerprint density at radius 2 is 1.88 bits per heavy atom. The quantitative estimate of drug-likeness (QED) is 0.651. The fourth-order valence-corrected chi connectivity index (χ4v) is 4.68. The fourth-order valence-electron chi connectivity index (χ4n) is 2.88. The van der Waals surface area contributed by atoms with Gasteiger partial charge in [-0.1, -0.05) is 6.07 Å². The largest absolute Gasteiger partial charge is 0.416 e. The molecule has 6 nitrogen and oxygen atoms in total. The monoisotopic (exact) mass is 367 g/mol. The number of hydrogen-bond donors (Lipinski definition) is 1. The van der Waals surface area contributed by atoms with Gasteiger partial charge in [-0.05, 0) is 43.9 Å². The molecular formula is C14H16F3NO5S. The standard InChI is InChI=1S/C14H16F3NO5S/c15-14(16,17)10-2-1-3-12(8-10)24(22,23)11-4-6-13(19,7-5-11)9-18(20)21/h1-3,8,11,19H,4-7,9H2/t11-,13-. The molecule has 0 bridgehead atoms. The zero-order valence-electron chi connectivity index (χ0n) is 12.5. The Morgan fingerprint density at radius 1 is 1.29 bits per heavy atom. The summed E-state index contributed by atoms with van der Waals surface area (Å²) in [6.07, 6.45) is -4.90. The Kier molecular flexibility index (Phi) is 4.91. The summed E-state index contributed by atoms with van der Waals surface area (Å²) in [5.74, 6) is 0. The van der Waals surface area contributed by atoms with Crippen LogP contribution in [0, 0.1) is 10.1 Å². The van der Waals surface area contributed by atoms with Crippen molar-refractivity contribution < 1.29 is 31.6 Å². The molecule has 24 heavy (non-hydrogen) atoms. The summed E-state index contributed by atoms with van der Waals surface area (Å²) in [6, 6.07) is 3.51. The Balaban J connectivity index is 2.20. The molecule has 1 fully saturated rings. The highest BCUT2D eigenvalue weighted by Crippen LogP contribution is 2.36. The second kappa shape index (κ2) is 6.32. The van der Waals surface area contributed by atoms with Crippen molar-refractivity contribution in [1.29, 1.82) is 0 Å². The van der Waals surface area contributed by atoms with Crippen LogP contribution in [0.3, 0.4) is 0 Å². The zero-order chi connectivity index (χ0) is 18.2. The number of hydrogen-bond acceptors (Lipinski definition) is 5. The third-order valence-corrected chi connectivity index (χ3v) is 6.48. The predicted octanol–water partition coefficient (Wildman–Crippen LogP) is 2.43. The molecule has 134 valence electrons. The van der Waals surface area contributed by atoms with E-state index in [1.807, 2.05) is 0 Å². The minimum atomic E-state index is -4.65. The van der Waals surface area contributed by atoms with E-state index in [0.29, 0.717) is 6.07 Å². The van der Waals surface area contributed by atoms with Gasteiger partial charge in [0.2, 0.25) is 6.54 Å². The molecule has 0 saturated heterocycles. The maximum atomic E-state index is 12.7. The van der Waals surface area contributed by atoms with Crippen molar-refractivity contribution in [1.82, 2.24) is 0 Å². The van der Waals surface area contributed by atoms with Gasteiger partial charge < -0.3 is 5.11 Å². The van der Waals surface area contributed by atoms with Crippen LogP contribution in [0.4, 0.5) is 13.2 Å². The van der Waals surface area contributed by atoms with Crippen LogP contribution in [0.25, 0.3) is 0 Å². The van der Waals surface area contributed by atoms with Crippen molar-refractivity contribution in [3.05, 3.63) is 39.9 Å². The van der Waals surface area contributed by atoms with Crippen molar-refractivity contribution in [2.75, 3.05) is 6.54 Å². The van der Waals surface area contributed by atoms with Gasteiger partial charge in [-0.25, -0.2) is 8.42 Å². The van der Waals surface area contributed by atoms with E-state index in [0.717, 1.165) is 18.2 Å². The van der Waals surface area contributed by atoms with Gasteiger partial charge >= 0.3 is 6.18 Å². The highest BCUT2D eigenvalue weighted by Gasteiger charge is 2.42. The lowest BCUT2D eigenvalue weighted by Crippen LogP contribution is -2.43. The Hall–Kier alpha value is -1.68. The first-order valence-electron chi connectivity index (χ1n) is 7.19. The van der Waals surface area contributed by atoms with E-state index >= 15 is 0 Å². The topological polar surface area (TPSA) is 97.5 Å². The molecule has 10 heteroatoms. The number of nitro groups is 1. The van der Waals surface area contributed by atoms with E-state index < -0.39 is 48.8 Å². The lowest BCUT2D eigenvalue weighted by Gasteiger charge is -2.32. The first kappa shape index (κ1) is 18.7. The molecule has 0 atom stereocenters. The van der Waals surface area contributed by atoms with E-state index in [1.54, 1.807) is 0 Å². The summed E-state index contributed by atoms with van der Waals surface area (Å²) in [5, 5.41) is 19.6. The maximum Gasteiger partial charge on any atom is 0.416 e. The van der Waals surface area contributed by atoms with Crippen molar-refractivity contribution >= 4 is 9.84 Å². The van der Waals surface area contributed by atoms with Crippen molar-refractivity contribution in [2.24, 2.45) is 0 Å². The molecule has 0 aliphatic heterocycles. The maximum absolute atomic E-state index is 12.7. The van der Waals surface area contributed by atoms with Gasteiger partial charge in [0.25, 0.3) is 0 Å². The van der Waals surface area contributed by atoms with Crippen LogP contribution in [0.5, 0.6) is 0 Å². The van der Waals surface area contributed by atoms with Crippen LogP contribution in [-0.4, -0.2) is 35.8 Å². The van der Waals surface area contributed by atoms with Gasteiger partial charge in [-0.2, -0.15) is 13.2 Å². The lowest BCUT2D eigenvalue weighted by atomic mass is 9.85.